The second-order valence-electron chi connectivity index (χ2n) is 4.50. The zero-order valence-electron chi connectivity index (χ0n) is 9.38. The molecule has 1 aromatic carbocycles. The van der Waals surface area contributed by atoms with Gasteiger partial charge < -0.3 is 20.1 Å². The summed E-state index contributed by atoms with van der Waals surface area (Å²) in [7, 11) is 0. The van der Waals surface area contributed by atoms with Crippen molar-refractivity contribution in [3.63, 3.8) is 0 Å². The van der Waals surface area contributed by atoms with Crippen molar-refractivity contribution in [2.75, 3.05) is 26.4 Å². The van der Waals surface area contributed by atoms with Gasteiger partial charge in [-0.25, -0.2) is 0 Å². The molecule has 1 aromatic rings. The second-order valence-corrected chi connectivity index (χ2v) is 4.50. The zero-order valence-corrected chi connectivity index (χ0v) is 9.38. The molecule has 0 amide bonds. The summed E-state index contributed by atoms with van der Waals surface area (Å²) in [6.07, 6.45) is 0. The number of hydrogen-bond donors (Lipinski definition) is 2. The Morgan fingerprint density at radius 1 is 1.19 bits per heavy atom. The molecule has 2 aliphatic rings. The quantitative estimate of drug-likeness (QED) is 0.735. The van der Waals surface area contributed by atoms with Gasteiger partial charge in [0, 0.05) is 19.6 Å². The Bertz CT molecular complexity index is 400. The van der Waals surface area contributed by atoms with E-state index in [4.69, 9.17) is 9.47 Å². The van der Waals surface area contributed by atoms with Crippen LogP contribution in [-0.2, 0) is 5.54 Å². The van der Waals surface area contributed by atoms with Gasteiger partial charge in [0.05, 0.1) is 5.54 Å². The van der Waals surface area contributed by atoms with Crippen LogP contribution >= 0.6 is 0 Å². The molecule has 1 fully saturated rings. The molecule has 0 unspecified atom stereocenters. The van der Waals surface area contributed by atoms with Crippen molar-refractivity contribution >= 4 is 0 Å². The van der Waals surface area contributed by atoms with Crippen molar-refractivity contribution in [3.8, 4) is 11.5 Å². The van der Waals surface area contributed by atoms with Gasteiger partial charge in [-0.1, -0.05) is 6.07 Å². The van der Waals surface area contributed by atoms with Gasteiger partial charge in [0.25, 0.3) is 0 Å². The molecule has 16 heavy (non-hydrogen) atoms. The van der Waals surface area contributed by atoms with Gasteiger partial charge in [-0.2, -0.15) is 0 Å². The summed E-state index contributed by atoms with van der Waals surface area (Å²) in [6.45, 7) is 5.50. The third-order valence-corrected chi connectivity index (χ3v) is 3.31. The first kappa shape index (κ1) is 9.93. The molecular formula is C12H16N2O2. The Morgan fingerprint density at radius 3 is 2.88 bits per heavy atom. The summed E-state index contributed by atoms with van der Waals surface area (Å²) in [5.41, 5.74) is 1.23. The summed E-state index contributed by atoms with van der Waals surface area (Å²) in [5, 5.41) is 6.95. The Kier molecular flexibility index (Phi) is 2.26. The van der Waals surface area contributed by atoms with Crippen molar-refractivity contribution in [2.45, 2.75) is 12.5 Å². The first-order valence-corrected chi connectivity index (χ1v) is 5.64. The van der Waals surface area contributed by atoms with Crippen molar-refractivity contribution in [2.24, 2.45) is 0 Å². The van der Waals surface area contributed by atoms with E-state index in [0.29, 0.717) is 6.79 Å². The first-order chi connectivity index (χ1) is 7.78. The normalized spacial score (nSPS) is 28.1. The van der Waals surface area contributed by atoms with Crippen LogP contribution < -0.4 is 20.1 Å². The molecule has 4 heteroatoms. The summed E-state index contributed by atoms with van der Waals surface area (Å²) in [6, 6.07) is 6.16. The van der Waals surface area contributed by atoms with Gasteiger partial charge >= 0.3 is 0 Å². The lowest BCUT2D eigenvalue weighted by Gasteiger charge is -2.36. The van der Waals surface area contributed by atoms with Crippen LogP contribution in [0.1, 0.15) is 12.5 Å². The molecule has 3 rings (SSSR count). The zero-order chi connectivity index (χ0) is 11.0. The van der Waals surface area contributed by atoms with E-state index in [1.54, 1.807) is 0 Å². The molecule has 2 heterocycles. The number of rotatable bonds is 1. The van der Waals surface area contributed by atoms with E-state index in [2.05, 4.69) is 29.7 Å². The molecule has 0 aliphatic carbocycles. The van der Waals surface area contributed by atoms with Crippen molar-refractivity contribution in [1.82, 2.24) is 10.6 Å². The van der Waals surface area contributed by atoms with E-state index in [0.717, 1.165) is 31.1 Å². The maximum atomic E-state index is 5.40. The lowest BCUT2D eigenvalue weighted by molar-refractivity contribution is 0.174. The number of hydrogen-bond acceptors (Lipinski definition) is 4. The smallest absolute Gasteiger partial charge is 0.231 e. The summed E-state index contributed by atoms with van der Waals surface area (Å²) >= 11 is 0. The fraction of sp³-hybridized carbons (Fsp3) is 0.500. The predicted molar refractivity (Wildman–Crippen MR) is 60.8 cm³/mol. The minimum atomic E-state index is -0.0147. The lowest BCUT2D eigenvalue weighted by Crippen LogP contribution is -2.54. The minimum absolute atomic E-state index is 0.0147. The Labute approximate surface area is 94.9 Å². The minimum Gasteiger partial charge on any atom is -0.454 e. The van der Waals surface area contributed by atoms with E-state index in [1.807, 2.05) is 6.07 Å². The second kappa shape index (κ2) is 3.64. The average molecular weight is 220 g/mol. The van der Waals surface area contributed by atoms with Gasteiger partial charge in [-0.15, -0.1) is 0 Å². The summed E-state index contributed by atoms with van der Waals surface area (Å²) in [5.74, 6) is 1.70. The number of ether oxygens (including phenoxy) is 2. The molecule has 0 saturated carbocycles. The van der Waals surface area contributed by atoms with E-state index >= 15 is 0 Å². The molecule has 0 aromatic heterocycles. The van der Waals surface area contributed by atoms with E-state index in [1.165, 1.54) is 5.56 Å². The number of benzene rings is 1. The number of piperazine rings is 1. The molecular weight excluding hydrogens is 204 g/mol. The fourth-order valence-electron chi connectivity index (χ4n) is 2.27. The van der Waals surface area contributed by atoms with Crippen LogP contribution in [0.4, 0.5) is 0 Å². The molecule has 2 aliphatic heterocycles. The van der Waals surface area contributed by atoms with Crippen LogP contribution in [0, 0.1) is 0 Å². The molecule has 2 N–H and O–H groups in total. The predicted octanol–water partition coefficient (Wildman–Crippen LogP) is 0.823. The monoisotopic (exact) mass is 220 g/mol. The molecule has 0 bridgehead atoms. The van der Waals surface area contributed by atoms with Crippen molar-refractivity contribution < 1.29 is 9.47 Å². The highest BCUT2D eigenvalue weighted by Gasteiger charge is 2.29. The SMILES string of the molecule is C[C@@]1(c2ccc3c(c2)OCO3)CNCCN1. The van der Waals surface area contributed by atoms with Crippen LogP contribution in [0.2, 0.25) is 0 Å². The highest BCUT2D eigenvalue weighted by Crippen LogP contribution is 2.35. The summed E-state index contributed by atoms with van der Waals surface area (Å²) in [4.78, 5) is 0. The van der Waals surface area contributed by atoms with Crippen molar-refractivity contribution in [1.29, 1.82) is 0 Å². The van der Waals surface area contributed by atoms with Crippen LogP contribution in [0.15, 0.2) is 18.2 Å². The average Bonchev–Trinajstić information content (AvgIpc) is 2.77. The van der Waals surface area contributed by atoms with Gasteiger partial charge in [0.1, 0.15) is 0 Å². The standard InChI is InChI=1S/C12H16N2O2/c1-12(7-13-4-5-14-12)9-2-3-10-11(6-9)16-8-15-10/h2-3,6,13-14H,4-5,7-8H2,1H3/t12-/m0/s1. The van der Waals surface area contributed by atoms with Crippen LogP contribution in [0.25, 0.3) is 0 Å². The number of fused-ring (bicyclic) bond motifs is 1. The van der Waals surface area contributed by atoms with E-state index in [9.17, 15) is 0 Å². The highest BCUT2D eigenvalue weighted by atomic mass is 16.7. The maximum absolute atomic E-state index is 5.40. The first-order valence-electron chi connectivity index (χ1n) is 5.64. The fourth-order valence-corrected chi connectivity index (χ4v) is 2.27. The van der Waals surface area contributed by atoms with Crippen molar-refractivity contribution in [3.05, 3.63) is 23.8 Å². The Hall–Kier alpha value is -1.26. The van der Waals surface area contributed by atoms with Gasteiger partial charge in [0.2, 0.25) is 6.79 Å². The molecule has 86 valence electrons. The highest BCUT2D eigenvalue weighted by molar-refractivity contribution is 5.46. The third-order valence-electron chi connectivity index (χ3n) is 3.31. The topological polar surface area (TPSA) is 42.5 Å². The van der Waals surface area contributed by atoms with Gasteiger partial charge in [0.15, 0.2) is 11.5 Å². The lowest BCUT2D eigenvalue weighted by atomic mass is 9.90. The number of nitrogens with one attached hydrogen (secondary N) is 2. The molecule has 1 atom stereocenters. The van der Waals surface area contributed by atoms with Crippen LogP contribution in [-0.4, -0.2) is 26.4 Å². The van der Waals surface area contributed by atoms with Gasteiger partial charge in [-0.3, -0.25) is 0 Å². The summed E-state index contributed by atoms with van der Waals surface area (Å²) < 4.78 is 10.7. The third kappa shape index (κ3) is 1.54. The molecule has 0 spiro atoms. The van der Waals surface area contributed by atoms with E-state index in [-0.39, 0.29) is 5.54 Å². The Balaban J connectivity index is 1.93. The van der Waals surface area contributed by atoms with Gasteiger partial charge in [-0.05, 0) is 24.6 Å². The van der Waals surface area contributed by atoms with E-state index < -0.39 is 0 Å². The largest absolute Gasteiger partial charge is 0.454 e. The molecule has 1 saturated heterocycles. The molecule has 4 nitrogen and oxygen atoms in total. The Morgan fingerprint density at radius 2 is 2.06 bits per heavy atom. The van der Waals surface area contributed by atoms with Crippen LogP contribution in [0.3, 0.4) is 0 Å². The maximum Gasteiger partial charge on any atom is 0.231 e. The van der Waals surface area contributed by atoms with Crippen LogP contribution in [0.5, 0.6) is 11.5 Å². The molecule has 0 radical (unpaired) electrons.